The van der Waals surface area contributed by atoms with Gasteiger partial charge in [-0.3, -0.25) is 0 Å². The molecule has 0 aromatic heterocycles. The van der Waals surface area contributed by atoms with Crippen molar-refractivity contribution >= 4 is 37.3 Å². The quantitative estimate of drug-likeness (QED) is 0.0909. The van der Waals surface area contributed by atoms with Crippen LogP contribution in [0.3, 0.4) is 0 Å². The Morgan fingerprint density at radius 3 is 0.681 bits per heavy atom. The molecule has 0 aliphatic heterocycles. The van der Waals surface area contributed by atoms with E-state index in [1.165, 1.54) is 42.1 Å². The molecule has 0 amide bonds. The third-order valence-corrected chi connectivity index (χ3v) is 6.38. The van der Waals surface area contributed by atoms with Gasteiger partial charge >= 0.3 is 42.1 Å². The minimum absolute atomic E-state index is 0. The average molecular weight is 800 g/mol. The summed E-state index contributed by atoms with van der Waals surface area (Å²) >= 11 is 0. The van der Waals surface area contributed by atoms with Crippen LogP contribution in [0.2, 0.25) is 0 Å². The molecule has 11 heteroatoms. The molecule has 0 atom stereocenters. The first kappa shape index (κ1) is 50.4. The molecule has 0 aliphatic rings. The van der Waals surface area contributed by atoms with Crippen molar-refractivity contribution in [1.29, 1.82) is 0 Å². The summed E-state index contributed by atoms with van der Waals surface area (Å²) in [4.78, 5) is 0. The number of nitrogens with zero attached hydrogens (tertiary/aromatic N) is 6. The maximum Gasteiger partial charge on any atom is 3.00 e. The van der Waals surface area contributed by atoms with Gasteiger partial charge in [-0.05, 0) is 0 Å². The molecule has 0 unspecified atom stereocenters. The van der Waals surface area contributed by atoms with E-state index in [4.69, 9.17) is 0 Å². The standard InChI is InChI=1S/3C10H15BN2.C6H14.2Mo/c3*1-3-12-11(13-4-2)10-8-6-5-7-9-10;1-3-5-6-4-2;;/h3*5-9H,3-4H2,1-2H3;3-6H2,1-2H3;;/q3*-2;;2*+3. The van der Waals surface area contributed by atoms with Gasteiger partial charge in [-0.2, -0.15) is 39.3 Å². The predicted octanol–water partition coefficient (Wildman–Crippen LogP) is 9.09. The topological polar surface area (TPSA) is 84.6 Å². The van der Waals surface area contributed by atoms with Crippen LogP contribution >= 0.6 is 0 Å². The van der Waals surface area contributed by atoms with E-state index in [2.05, 4.69) is 81.6 Å². The Bertz CT molecular complexity index is 853. The van der Waals surface area contributed by atoms with Crippen molar-refractivity contribution < 1.29 is 42.1 Å². The smallest absolute Gasteiger partial charge is 0.700 e. The van der Waals surface area contributed by atoms with Gasteiger partial charge in [-0.15, -0.1) is 16.4 Å². The van der Waals surface area contributed by atoms with Gasteiger partial charge in [0, 0.05) is 0 Å². The van der Waals surface area contributed by atoms with Crippen LogP contribution in [0, 0.1) is 0 Å². The van der Waals surface area contributed by atoms with Crippen LogP contribution in [0.1, 0.15) is 81.1 Å². The van der Waals surface area contributed by atoms with Gasteiger partial charge in [0.25, 0.3) is 0 Å². The van der Waals surface area contributed by atoms with Crippen molar-refractivity contribution in [2.45, 2.75) is 81.1 Å². The van der Waals surface area contributed by atoms with Crippen LogP contribution in [0.15, 0.2) is 91.0 Å². The number of hydrogen-bond acceptors (Lipinski definition) is 0. The summed E-state index contributed by atoms with van der Waals surface area (Å²) in [5.41, 5.74) is 3.56. The molecule has 0 heterocycles. The Labute approximate surface area is 320 Å². The first-order chi connectivity index (χ1) is 22.1. The second-order valence-electron chi connectivity index (χ2n) is 10.1. The van der Waals surface area contributed by atoms with Crippen LogP contribution in [0.25, 0.3) is 31.4 Å². The maximum atomic E-state index is 4.42. The number of unbranched alkanes of at least 4 members (excludes halogenated alkanes) is 3. The van der Waals surface area contributed by atoms with Crippen molar-refractivity contribution in [2.75, 3.05) is 39.3 Å². The molecule has 0 saturated heterocycles. The van der Waals surface area contributed by atoms with Crippen LogP contribution in [0.5, 0.6) is 0 Å². The fourth-order valence-electron chi connectivity index (χ4n) is 4.22. The van der Waals surface area contributed by atoms with Gasteiger partial charge in [0.1, 0.15) is 0 Å². The third-order valence-electron chi connectivity index (χ3n) is 6.38. The van der Waals surface area contributed by atoms with E-state index < -0.39 is 0 Å². The average Bonchev–Trinajstić information content (AvgIpc) is 3.09. The van der Waals surface area contributed by atoms with Gasteiger partial charge in [-0.25, -0.2) is 0 Å². The summed E-state index contributed by atoms with van der Waals surface area (Å²) < 4.78 is 0. The Morgan fingerprint density at radius 2 is 0.532 bits per heavy atom. The summed E-state index contributed by atoms with van der Waals surface area (Å²) in [6.07, 6.45) is 5.54. The van der Waals surface area contributed by atoms with E-state index in [9.17, 15) is 0 Å². The van der Waals surface area contributed by atoms with E-state index in [0.29, 0.717) is 0 Å². The molecular formula is C36H59B3Mo2N6. The monoisotopic (exact) mass is 804 g/mol. The van der Waals surface area contributed by atoms with Gasteiger partial charge < -0.3 is 31.4 Å². The molecule has 3 aromatic rings. The molecular weight excluding hydrogens is 741 g/mol. The molecule has 6 nitrogen and oxygen atoms in total. The van der Waals surface area contributed by atoms with E-state index >= 15 is 0 Å². The molecule has 3 aromatic carbocycles. The summed E-state index contributed by atoms with van der Waals surface area (Å²) in [5, 5.41) is 26.5. The van der Waals surface area contributed by atoms with Crippen LogP contribution < -0.4 is 16.4 Å². The zero-order chi connectivity index (χ0) is 33.4. The summed E-state index contributed by atoms with van der Waals surface area (Å²) in [6.45, 7) is 21.8. The molecule has 3 rings (SSSR count). The molecule has 0 saturated carbocycles. The molecule has 2 radical (unpaired) electrons. The Balaban J connectivity index is -0.000000558. The van der Waals surface area contributed by atoms with Crippen molar-refractivity contribution in [1.82, 2.24) is 0 Å². The van der Waals surface area contributed by atoms with Gasteiger partial charge in [0.05, 0.1) is 0 Å². The van der Waals surface area contributed by atoms with Crippen LogP contribution in [-0.2, 0) is 42.1 Å². The SMILES string of the molecule is CCCCCC.CC[N-]B([N-]CC)c1ccccc1.CC[N-]B([N-]CC)c1ccccc1.CC[N-]B([N-]CC)c1ccccc1.[Mo+3].[Mo+3]. The number of benzene rings is 3. The van der Waals surface area contributed by atoms with E-state index in [1.54, 1.807) is 0 Å². The molecule has 0 N–H and O–H groups in total. The van der Waals surface area contributed by atoms with Crippen LogP contribution in [0.4, 0.5) is 0 Å². The van der Waals surface area contributed by atoms with E-state index in [0.717, 1.165) is 39.3 Å². The minimum atomic E-state index is 0. The first-order valence-corrected chi connectivity index (χ1v) is 17.2. The zero-order valence-electron chi connectivity index (χ0n) is 30.5. The normalized spacial score (nSPS) is 9.45. The second kappa shape index (κ2) is 37.8. The minimum Gasteiger partial charge on any atom is -0.700 e. The number of rotatable bonds is 18. The summed E-state index contributed by atoms with van der Waals surface area (Å²) in [7, 11) is 0. The van der Waals surface area contributed by atoms with Crippen LogP contribution in [-0.4, -0.2) is 60.2 Å². The number of hydrogen-bond donors (Lipinski definition) is 0. The predicted molar refractivity (Wildman–Crippen MR) is 209 cm³/mol. The van der Waals surface area contributed by atoms with Crippen molar-refractivity contribution in [3.63, 3.8) is 0 Å². The third kappa shape index (κ3) is 26.5. The Morgan fingerprint density at radius 1 is 0.340 bits per heavy atom. The van der Waals surface area contributed by atoms with Gasteiger partial charge in [0.2, 0.25) is 0 Å². The van der Waals surface area contributed by atoms with Crippen molar-refractivity contribution in [3.8, 4) is 0 Å². The summed E-state index contributed by atoms with van der Waals surface area (Å²) in [6, 6.07) is 30.6. The van der Waals surface area contributed by atoms with E-state index in [-0.39, 0.29) is 63.1 Å². The fourth-order valence-corrected chi connectivity index (χ4v) is 4.22. The molecule has 254 valence electrons. The van der Waals surface area contributed by atoms with Crippen molar-refractivity contribution in [3.05, 3.63) is 122 Å². The maximum absolute atomic E-state index is 4.42. The zero-order valence-corrected chi connectivity index (χ0v) is 34.5. The van der Waals surface area contributed by atoms with Gasteiger partial charge in [-0.1, -0.05) is 193 Å². The van der Waals surface area contributed by atoms with Crippen molar-refractivity contribution in [2.24, 2.45) is 0 Å². The molecule has 0 aliphatic carbocycles. The Hall–Kier alpha value is -1.01. The largest absolute Gasteiger partial charge is 3.00 e. The summed E-state index contributed by atoms with van der Waals surface area (Å²) in [5.74, 6) is 0. The molecule has 0 fully saturated rings. The fraction of sp³-hybridized carbons (Fsp3) is 0.500. The van der Waals surface area contributed by atoms with Gasteiger partial charge in [0.15, 0.2) is 0 Å². The second-order valence-corrected chi connectivity index (χ2v) is 10.1. The van der Waals surface area contributed by atoms with E-state index in [1.807, 2.05) is 96.1 Å². The molecule has 0 spiro atoms. The first-order valence-electron chi connectivity index (χ1n) is 17.2. The molecule has 0 bridgehead atoms. The Kier molecular flexibility index (Phi) is 40.5. The molecule has 47 heavy (non-hydrogen) atoms.